The Morgan fingerprint density at radius 1 is 0.823 bits per heavy atom. The molecule has 5 heterocycles. The van der Waals surface area contributed by atoms with Crippen molar-refractivity contribution in [1.82, 2.24) is 25.1 Å². The van der Waals surface area contributed by atoms with Gasteiger partial charge in [0.2, 0.25) is 11.9 Å². The number of amides is 3. The molecule has 0 bridgehead atoms. The molecule has 0 atom stereocenters. The van der Waals surface area contributed by atoms with Crippen molar-refractivity contribution in [3.05, 3.63) is 83.0 Å². The number of carbonyl (C=O) groups is 2. The molecular weight excluding hydrogens is 826 g/mol. The molecule has 0 radical (unpaired) electrons. The number of aryl methyl sites for hydroxylation is 1. The summed E-state index contributed by atoms with van der Waals surface area (Å²) in [6.07, 6.45) is 6.22. The summed E-state index contributed by atoms with van der Waals surface area (Å²) < 4.78 is 32.6. The third kappa shape index (κ3) is 9.51. The van der Waals surface area contributed by atoms with Crippen LogP contribution in [-0.2, 0) is 14.6 Å². The van der Waals surface area contributed by atoms with Gasteiger partial charge < -0.3 is 20.3 Å². The quantitative estimate of drug-likeness (QED) is 0.120. The van der Waals surface area contributed by atoms with Crippen molar-refractivity contribution in [2.75, 3.05) is 66.2 Å². The lowest BCUT2D eigenvalue weighted by atomic mass is 9.85. The van der Waals surface area contributed by atoms with Crippen LogP contribution in [0.4, 0.5) is 39.3 Å². The molecule has 0 saturated carbocycles. The second-order valence-electron chi connectivity index (χ2n) is 17.5. The molecule has 3 amide bonds. The minimum absolute atomic E-state index is 0.0543. The van der Waals surface area contributed by atoms with Gasteiger partial charge in [-0.05, 0) is 139 Å². The number of hydrogen-bond acceptors (Lipinski definition) is 12. The van der Waals surface area contributed by atoms with Crippen molar-refractivity contribution in [2.24, 2.45) is 0 Å². The van der Waals surface area contributed by atoms with E-state index in [9.17, 15) is 18.0 Å². The number of piperidine rings is 2. The fourth-order valence-corrected chi connectivity index (χ4v) is 10.5. The predicted molar refractivity (Wildman–Crippen MR) is 245 cm³/mol. The summed E-state index contributed by atoms with van der Waals surface area (Å²) in [5.74, 6) is 1.52. The Bertz CT molecular complexity index is 2380. The average molecular weight is 885 g/mol. The largest absolute Gasteiger partial charge is 0.489 e. The van der Waals surface area contributed by atoms with Crippen molar-refractivity contribution in [2.45, 2.75) is 101 Å². The van der Waals surface area contributed by atoms with Gasteiger partial charge in [-0.25, -0.2) is 18.2 Å². The molecule has 4 aliphatic heterocycles. The Hall–Kier alpha value is -4.96. The van der Waals surface area contributed by atoms with Gasteiger partial charge >= 0.3 is 6.03 Å². The molecule has 0 aliphatic carbocycles. The van der Waals surface area contributed by atoms with Crippen LogP contribution in [0.25, 0.3) is 0 Å². The highest BCUT2D eigenvalue weighted by Crippen LogP contribution is 2.40. The minimum Gasteiger partial charge on any atom is -0.489 e. The van der Waals surface area contributed by atoms with E-state index in [1.165, 1.54) is 23.0 Å². The molecule has 4 aromatic rings. The number of nitrogens with one attached hydrogen (secondary N) is 3. The van der Waals surface area contributed by atoms with Crippen LogP contribution in [0.15, 0.2) is 71.8 Å². The molecule has 0 spiro atoms. The molecule has 0 unspecified atom stereocenters. The van der Waals surface area contributed by atoms with Gasteiger partial charge in [0.25, 0.3) is 0 Å². The average Bonchev–Trinajstić information content (AvgIpc) is 3.23. The van der Waals surface area contributed by atoms with E-state index in [1.807, 2.05) is 26.0 Å². The summed E-state index contributed by atoms with van der Waals surface area (Å²) in [5.41, 5.74) is 5.60. The number of hydrogen-bond donors (Lipinski definition) is 3. The first-order valence-electron chi connectivity index (χ1n) is 21.9. The van der Waals surface area contributed by atoms with E-state index in [4.69, 9.17) is 16.3 Å². The van der Waals surface area contributed by atoms with E-state index in [0.717, 1.165) is 82.1 Å². The van der Waals surface area contributed by atoms with Crippen molar-refractivity contribution >= 4 is 67.9 Å². The highest BCUT2D eigenvalue weighted by molar-refractivity contribution is 7.92. The lowest BCUT2D eigenvalue weighted by Crippen LogP contribution is -2.64. The molecule has 62 heavy (non-hydrogen) atoms. The number of aromatic nitrogens is 2. The number of rotatable bonds is 13. The number of urea groups is 1. The van der Waals surface area contributed by atoms with E-state index in [2.05, 4.69) is 71.8 Å². The Kier molecular flexibility index (Phi) is 13.0. The van der Waals surface area contributed by atoms with Gasteiger partial charge in [0.15, 0.2) is 15.7 Å². The second kappa shape index (κ2) is 18.4. The summed E-state index contributed by atoms with van der Waals surface area (Å²) in [6.45, 7) is 16.3. The number of para-hydroxylation sites is 1. The first-order chi connectivity index (χ1) is 29.7. The fourth-order valence-electron chi connectivity index (χ4n) is 9.16. The third-order valence-corrected chi connectivity index (χ3v) is 15.2. The highest BCUT2D eigenvalue weighted by Gasteiger charge is 2.39. The van der Waals surface area contributed by atoms with E-state index in [1.54, 1.807) is 43.0 Å². The van der Waals surface area contributed by atoms with Crippen LogP contribution >= 0.6 is 11.6 Å². The van der Waals surface area contributed by atoms with Gasteiger partial charge in [-0.2, -0.15) is 4.98 Å². The summed E-state index contributed by atoms with van der Waals surface area (Å²) in [5, 5.41) is 8.56. The second-order valence-corrected chi connectivity index (χ2v) is 20.4. The van der Waals surface area contributed by atoms with Gasteiger partial charge in [0.05, 0.1) is 33.8 Å². The molecule has 3 N–H and O–H groups in total. The molecule has 4 fully saturated rings. The Morgan fingerprint density at radius 2 is 1.52 bits per heavy atom. The molecule has 4 aliphatic rings. The Balaban J connectivity index is 0.846. The van der Waals surface area contributed by atoms with Crippen molar-refractivity contribution in [3.8, 4) is 5.75 Å². The van der Waals surface area contributed by atoms with Gasteiger partial charge in [0.1, 0.15) is 10.8 Å². The van der Waals surface area contributed by atoms with Crippen LogP contribution in [-0.4, -0.2) is 109 Å². The summed E-state index contributed by atoms with van der Waals surface area (Å²) in [7, 11) is -3.56. The number of likely N-dealkylation sites (tertiary alicyclic amines) is 2. The van der Waals surface area contributed by atoms with Crippen LogP contribution in [0.3, 0.4) is 0 Å². The molecule has 14 nitrogen and oxygen atoms in total. The molecule has 330 valence electrons. The SMILES string of the molecule is Cc1cc(Nc2ncc(Cl)c(Nc3ccccc3S(=O)(=O)C(C)C)n2)c(OC(C)C)cc1C1CCN(C2CN(C3CCN(c4ccc(N5CCC(=O)NC5=O)cc4)CC3)C2)CC1. The standard InChI is InChI=1S/C46H58ClN9O5S/c1-29(2)61-41-25-37(31(5)24-40(41)50-45-48-26-38(47)44(52-45)49-39-8-6-7-9-42(39)62(59,60)30(3)4)32-14-19-54(20-15-32)36-27-55(28-36)34-16-21-53(22-17-34)33-10-12-35(13-11-33)56-23-18-43(57)51-46(56)58/h6-13,24-26,29-30,32,34,36H,14-23,27-28H2,1-5H3,(H,51,57,58)(H2,48,49,50,52). The number of halogens is 1. The zero-order chi connectivity index (χ0) is 43.7. The summed E-state index contributed by atoms with van der Waals surface area (Å²) in [6, 6.07) is 20.0. The Labute approximate surface area is 370 Å². The predicted octanol–water partition coefficient (Wildman–Crippen LogP) is 7.87. The van der Waals surface area contributed by atoms with Gasteiger partial charge in [-0.1, -0.05) is 23.7 Å². The van der Waals surface area contributed by atoms with E-state index < -0.39 is 15.1 Å². The number of ether oxygens (including phenoxy) is 1. The normalized spacial score (nSPS) is 18.9. The maximum absolute atomic E-state index is 13.1. The topological polar surface area (TPSA) is 152 Å². The number of benzene rings is 3. The molecule has 1 aromatic heterocycles. The van der Waals surface area contributed by atoms with Crippen LogP contribution in [0.1, 0.15) is 76.8 Å². The highest BCUT2D eigenvalue weighted by atomic mass is 35.5. The molecule has 4 saturated heterocycles. The summed E-state index contributed by atoms with van der Waals surface area (Å²) in [4.78, 5) is 42.5. The summed E-state index contributed by atoms with van der Waals surface area (Å²) >= 11 is 6.54. The minimum atomic E-state index is -3.56. The van der Waals surface area contributed by atoms with Crippen LogP contribution in [0, 0.1) is 6.92 Å². The first-order valence-corrected chi connectivity index (χ1v) is 23.8. The fraction of sp³-hybridized carbons (Fsp3) is 0.478. The number of carbonyl (C=O) groups excluding carboxylic acids is 2. The van der Waals surface area contributed by atoms with Crippen molar-refractivity contribution in [1.29, 1.82) is 0 Å². The third-order valence-electron chi connectivity index (χ3n) is 12.7. The van der Waals surface area contributed by atoms with Gasteiger partial charge in [0, 0.05) is 62.6 Å². The van der Waals surface area contributed by atoms with E-state index >= 15 is 0 Å². The van der Waals surface area contributed by atoms with E-state index in [-0.39, 0.29) is 33.8 Å². The zero-order valence-electron chi connectivity index (χ0n) is 36.2. The van der Waals surface area contributed by atoms with Crippen molar-refractivity contribution in [3.63, 3.8) is 0 Å². The first kappa shape index (κ1) is 43.7. The Morgan fingerprint density at radius 3 is 2.19 bits per heavy atom. The molecule has 3 aromatic carbocycles. The van der Waals surface area contributed by atoms with Gasteiger partial charge in [-0.15, -0.1) is 0 Å². The van der Waals surface area contributed by atoms with Crippen molar-refractivity contribution < 1.29 is 22.7 Å². The lowest BCUT2D eigenvalue weighted by molar-refractivity contribution is -0.120. The maximum atomic E-state index is 13.1. The smallest absolute Gasteiger partial charge is 0.328 e. The molecule has 16 heteroatoms. The van der Waals surface area contributed by atoms with E-state index in [0.29, 0.717) is 42.6 Å². The molecular formula is C46H58ClN9O5S. The zero-order valence-corrected chi connectivity index (χ0v) is 37.8. The lowest BCUT2D eigenvalue weighted by Gasteiger charge is -2.52. The van der Waals surface area contributed by atoms with Crippen LogP contribution in [0.5, 0.6) is 5.75 Å². The van der Waals surface area contributed by atoms with Crippen LogP contribution in [0.2, 0.25) is 5.02 Å². The number of sulfone groups is 1. The number of anilines is 6. The monoisotopic (exact) mass is 883 g/mol. The number of nitrogens with zero attached hydrogens (tertiary/aromatic N) is 6. The van der Waals surface area contributed by atoms with Crippen LogP contribution < -0.4 is 30.5 Å². The number of imide groups is 1. The maximum Gasteiger partial charge on any atom is 0.328 e. The molecule has 8 rings (SSSR count). The van der Waals surface area contributed by atoms with Gasteiger partial charge in [-0.3, -0.25) is 24.8 Å².